The van der Waals surface area contributed by atoms with E-state index in [4.69, 9.17) is 4.42 Å². The summed E-state index contributed by atoms with van der Waals surface area (Å²) in [6.07, 6.45) is 3.12. The van der Waals surface area contributed by atoms with Crippen molar-refractivity contribution < 1.29 is 4.42 Å². The normalized spacial score (nSPS) is 11.5. The second-order valence-corrected chi connectivity index (χ2v) is 5.82. The van der Waals surface area contributed by atoms with E-state index in [1.807, 2.05) is 30.3 Å². The summed E-state index contributed by atoms with van der Waals surface area (Å²) in [6, 6.07) is 16.1. The van der Waals surface area contributed by atoms with E-state index in [1.54, 1.807) is 6.20 Å². The molecule has 0 atom stereocenters. The first kappa shape index (κ1) is 16.1. The van der Waals surface area contributed by atoms with Crippen LogP contribution in [0.25, 0.3) is 11.3 Å². The third-order valence-electron chi connectivity index (χ3n) is 3.62. The van der Waals surface area contributed by atoms with Gasteiger partial charge in [-0.15, -0.1) is 0 Å². The standard InChI is InChI=1S/C19H20N4O/c1-23(2)13-17-6-4-3-5-16(17)11-21-22-18-9-7-15(8-10-18)19-12-20-14-24-19/h3-10,12,14H,11,13H2,1-2H3. The predicted molar refractivity (Wildman–Crippen MR) is 94.0 cm³/mol. The largest absolute Gasteiger partial charge is 0.444 e. The Balaban J connectivity index is 1.66. The molecule has 2 aromatic carbocycles. The molecule has 0 N–H and O–H groups in total. The molecule has 24 heavy (non-hydrogen) atoms. The Morgan fingerprint density at radius 1 is 1.00 bits per heavy atom. The highest BCUT2D eigenvalue weighted by molar-refractivity contribution is 5.59. The molecule has 0 aliphatic carbocycles. The SMILES string of the molecule is CN(C)Cc1ccccc1CN=Nc1ccc(-c2cnco2)cc1. The van der Waals surface area contributed by atoms with Crippen LogP contribution in [0.2, 0.25) is 0 Å². The van der Waals surface area contributed by atoms with Crippen LogP contribution in [-0.4, -0.2) is 24.0 Å². The van der Waals surface area contributed by atoms with Gasteiger partial charge < -0.3 is 9.32 Å². The lowest BCUT2D eigenvalue weighted by molar-refractivity contribution is 0.401. The van der Waals surface area contributed by atoms with Crippen LogP contribution >= 0.6 is 0 Å². The van der Waals surface area contributed by atoms with Gasteiger partial charge in [0.1, 0.15) is 0 Å². The average molecular weight is 320 g/mol. The average Bonchev–Trinajstić information content (AvgIpc) is 3.11. The molecular formula is C19H20N4O. The van der Waals surface area contributed by atoms with Gasteiger partial charge in [0.15, 0.2) is 12.2 Å². The van der Waals surface area contributed by atoms with E-state index in [1.165, 1.54) is 17.5 Å². The summed E-state index contributed by atoms with van der Waals surface area (Å²) < 4.78 is 5.27. The minimum Gasteiger partial charge on any atom is -0.444 e. The molecule has 5 nitrogen and oxygen atoms in total. The van der Waals surface area contributed by atoms with Crippen LogP contribution in [0.15, 0.2) is 75.8 Å². The number of aromatic nitrogens is 1. The third kappa shape index (κ3) is 4.14. The summed E-state index contributed by atoms with van der Waals surface area (Å²) in [5.41, 5.74) is 4.28. The van der Waals surface area contributed by atoms with Gasteiger partial charge in [-0.2, -0.15) is 10.2 Å². The van der Waals surface area contributed by atoms with E-state index >= 15 is 0 Å². The van der Waals surface area contributed by atoms with Gasteiger partial charge in [-0.05, 0) is 49.5 Å². The zero-order valence-corrected chi connectivity index (χ0v) is 13.9. The van der Waals surface area contributed by atoms with E-state index in [0.29, 0.717) is 6.54 Å². The molecule has 0 spiro atoms. The fraction of sp³-hybridized carbons (Fsp3) is 0.211. The maximum absolute atomic E-state index is 5.27. The second-order valence-electron chi connectivity index (χ2n) is 5.82. The Bertz CT molecular complexity index is 792. The van der Waals surface area contributed by atoms with Crippen LogP contribution in [0.5, 0.6) is 0 Å². The van der Waals surface area contributed by atoms with E-state index in [2.05, 4.69) is 52.4 Å². The van der Waals surface area contributed by atoms with Crippen molar-refractivity contribution in [2.24, 2.45) is 10.2 Å². The van der Waals surface area contributed by atoms with Crippen molar-refractivity contribution in [3.63, 3.8) is 0 Å². The Hall–Kier alpha value is -2.79. The molecule has 0 fully saturated rings. The molecule has 0 aliphatic heterocycles. The highest BCUT2D eigenvalue weighted by Gasteiger charge is 2.03. The van der Waals surface area contributed by atoms with Gasteiger partial charge in [-0.3, -0.25) is 0 Å². The molecule has 1 aromatic heterocycles. The highest BCUT2D eigenvalue weighted by Crippen LogP contribution is 2.22. The van der Waals surface area contributed by atoms with Crippen LogP contribution in [-0.2, 0) is 13.1 Å². The predicted octanol–water partition coefficient (Wildman–Crippen LogP) is 4.69. The van der Waals surface area contributed by atoms with Crippen molar-refractivity contribution >= 4 is 5.69 Å². The lowest BCUT2D eigenvalue weighted by Gasteiger charge is -2.12. The fourth-order valence-electron chi connectivity index (χ4n) is 2.45. The smallest absolute Gasteiger partial charge is 0.181 e. The molecule has 0 amide bonds. The molecule has 0 radical (unpaired) electrons. The molecule has 0 aliphatic rings. The number of rotatable bonds is 6. The monoisotopic (exact) mass is 320 g/mol. The van der Waals surface area contributed by atoms with Crippen LogP contribution in [0.1, 0.15) is 11.1 Å². The molecule has 0 saturated carbocycles. The lowest BCUT2D eigenvalue weighted by atomic mass is 10.1. The summed E-state index contributed by atoms with van der Waals surface area (Å²) in [7, 11) is 4.13. The maximum atomic E-state index is 5.27. The topological polar surface area (TPSA) is 54.0 Å². The van der Waals surface area contributed by atoms with Gasteiger partial charge in [0.05, 0.1) is 18.4 Å². The minimum absolute atomic E-state index is 0.577. The maximum Gasteiger partial charge on any atom is 0.181 e. The van der Waals surface area contributed by atoms with E-state index in [9.17, 15) is 0 Å². The first-order valence-corrected chi connectivity index (χ1v) is 7.80. The number of hydrogen-bond acceptors (Lipinski definition) is 5. The van der Waals surface area contributed by atoms with Crippen LogP contribution in [0.4, 0.5) is 5.69 Å². The van der Waals surface area contributed by atoms with E-state index in [0.717, 1.165) is 23.6 Å². The molecular weight excluding hydrogens is 300 g/mol. The van der Waals surface area contributed by atoms with Crippen molar-refractivity contribution in [3.8, 4) is 11.3 Å². The van der Waals surface area contributed by atoms with Gasteiger partial charge in [-0.25, -0.2) is 4.98 Å². The molecule has 3 aromatic rings. The van der Waals surface area contributed by atoms with Crippen LogP contribution < -0.4 is 0 Å². The molecule has 1 heterocycles. The summed E-state index contributed by atoms with van der Waals surface area (Å²) in [4.78, 5) is 6.07. The molecule has 122 valence electrons. The molecule has 0 unspecified atom stereocenters. The number of oxazole rings is 1. The summed E-state index contributed by atoms with van der Waals surface area (Å²) in [5, 5.41) is 8.65. The van der Waals surface area contributed by atoms with Gasteiger partial charge in [0.25, 0.3) is 0 Å². The second kappa shape index (κ2) is 7.66. The molecule has 0 saturated heterocycles. The molecule has 0 bridgehead atoms. The minimum atomic E-state index is 0.577. The van der Waals surface area contributed by atoms with Crippen molar-refractivity contribution in [2.75, 3.05) is 14.1 Å². The molecule has 3 rings (SSSR count). The number of nitrogens with zero attached hydrogens (tertiary/aromatic N) is 4. The summed E-state index contributed by atoms with van der Waals surface area (Å²) >= 11 is 0. The number of benzene rings is 2. The zero-order valence-electron chi connectivity index (χ0n) is 13.9. The van der Waals surface area contributed by atoms with Crippen molar-refractivity contribution in [2.45, 2.75) is 13.1 Å². The van der Waals surface area contributed by atoms with Gasteiger partial charge in [-0.1, -0.05) is 24.3 Å². The van der Waals surface area contributed by atoms with Crippen LogP contribution in [0.3, 0.4) is 0 Å². The Labute approximate surface area is 141 Å². The van der Waals surface area contributed by atoms with Gasteiger partial charge >= 0.3 is 0 Å². The van der Waals surface area contributed by atoms with E-state index in [-0.39, 0.29) is 0 Å². The number of azo groups is 1. The van der Waals surface area contributed by atoms with Crippen molar-refractivity contribution in [1.82, 2.24) is 9.88 Å². The Morgan fingerprint density at radius 3 is 2.42 bits per heavy atom. The first-order chi connectivity index (χ1) is 11.7. The summed E-state index contributed by atoms with van der Waals surface area (Å²) in [5.74, 6) is 0.746. The van der Waals surface area contributed by atoms with Gasteiger partial charge in [0, 0.05) is 12.1 Å². The summed E-state index contributed by atoms with van der Waals surface area (Å²) in [6.45, 7) is 1.48. The van der Waals surface area contributed by atoms with Crippen molar-refractivity contribution in [1.29, 1.82) is 0 Å². The quantitative estimate of drug-likeness (QED) is 0.619. The van der Waals surface area contributed by atoms with Gasteiger partial charge in [0.2, 0.25) is 0 Å². The van der Waals surface area contributed by atoms with E-state index < -0.39 is 0 Å². The molecule has 5 heteroatoms. The van der Waals surface area contributed by atoms with Crippen LogP contribution in [0, 0.1) is 0 Å². The third-order valence-corrected chi connectivity index (χ3v) is 3.62. The highest BCUT2D eigenvalue weighted by atomic mass is 16.3. The zero-order chi connectivity index (χ0) is 16.8. The number of hydrogen-bond donors (Lipinski definition) is 0. The first-order valence-electron chi connectivity index (χ1n) is 7.80. The Kier molecular flexibility index (Phi) is 5.13. The fourth-order valence-corrected chi connectivity index (χ4v) is 2.45. The Morgan fingerprint density at radius 2 is 1.75 bits per heavy atom. The van der Waals surface area contributed by atoms with Crippen molar-refractivity contribution in [3.05, 3.63) is 72.2 Å². The lowest BCUT2D eigenvalue weighted by Crippen LogP contribution is -2.12.